The van der Waals surface area contributed by atoms with Gasteiger partial charge in [0.2, 0.25) is 0 Å². The molecule has 1 N–H and O–H groups in total. The Labute approximate surface area is 131 Å². The van der Waals surface area contributed by atoms with Crippen molar-refractivity contribution in [1.82, 2.24) is 10.3 Å². The lowest BCUT2D eigenvalue weighted by Gasteiger charge is -2.20. The molecule has 0 aliphatic heterocycles. The molecule has 2 nitrogen and oxygen atoms in total. The van der Waals surface area contributed by atoms with E-state index >= 15 is 0 Å². The number of pyridine rings is 1. The first kappa shape index (κ1) is 16.0. The van der Waals surface area contributed by atoms with Crippen LogP contribution in [0.2, 0.25) is 0 Å². The van der Waals surface area contributed by atoms with Gasteiger partial charge in [-0.05, 0) is 37.2 Å². The van der Waals surface area contributed by atoms with E-state index in [0.717, 1.165) is 12.1 Å². The van der Waals surface area contributed by atoms with Crippen LogP contribution in [-0.2, 0) is 6.42 Å². The Bertz CT molecular complexity index is 567. The topological polar surface area (TPSA) is 24.9 Å². The summed E-state index contributed by atoms with van der Waals surface area (Å²) in [5.74, 6) is -1.10. The highest BCUT2D eigenvalue weighted by molar-refractivity contribution is 9.10. The van der Waals surface area contributed by atoms with Crippen molar-refractivity contribution in [2.45, 2.75) is 25.8 Å². The summed E-state index contributed by atoms with van der Waals surface area (Å²) in [5.41, 5.74) is 0.866. The molecule has 1 heterocycles. The molecule has 5 heteroatoms. The van der Waals surface area contributed by atoms with E-state index in [1.807, 2.05) is 25.1 Å². The van der Waals surface area contributed by atoms with Crippen LogP contribution in [0, 0.1) is 11.6 Å². The zero-order chi connectivity index (χ0) is 15.2. The van der Waals surface area contributed by atoms with E-state index < -0.39 is 17.7 Å². The van der Waals surface area contributed by atoms with Crippen molar-refractivity contribution in [2.24, 2.45) is 0 Å². The number of halogens is 3. The first-order valence-electron chi connectivity index (χ1n) is 6.89. The third kappa shape index (κ3) is 4.32. The molecule has 1 aromatic carbocycles. The highest BCUT2D eigenvalue weighted by Gasteiger charge is 2.21. The van der Waals surface area contributed by atoms with Crippen LogP contribution in [0.3, 0.4) is 0 Å². The van der Waals surface area contributed by atoms with E-state index in [1.54, 1.807) is 6.20 Å². The average molecular weight is 355 g/mol. The van der Waals surface area contributed by atoms with E-state index in [0.29, 0.717) is 17.4 Å². The van der Waals surface area contributed by atoms with Gasteiger partial charge in [-0.3, -0.25) is 4.98 Å². The molecule has 21 heavy (non-hydrogen) atoms. The maximum Gasteiger partial charge on any atom is 0.132 e. The molecule has 2 rings (SSSR count). The second-order valence-electron chi connectivity index (χ2n) is 4.82. The Kier molecular flexibility index (Phi) is 5.82. The van der Waals surface area contributed by atoms with E-state index in [9.17, 15) is 8.78 Å². The highest BCUT2D eigenvalue weighted by atomic mass is 79.9. The summed E-state index contributed by atoms with van der Waals surface area (Å²) in [4.78, 5) is 4.23. The minimum Gasteiger partial charge on any atom is -0.309 e. The summed E-state index contributed by atoms with van der Waals surface area (Å²) in [6.07, 6.45) is 3.01. The Balaban J connectivity index is 2.32. The summed E-state index contributed by atoms with van der Waals surface area (Å²) in [7, 11) is 0. The van der Waals surface area contributed by atoms with Crippen molar-refractivity contribution in [1.29, 1.82) is 0 Å². The second kappa shape index (κ2) is 7.61. The molecule has 0 saturated heterocycles. The van der Waals surface area contributed by atoms with Crippen LogP contribution in [0.4, 0.5) is 8.78 Å². The van der Waals surface area contributed by atoms with Gasteiger partial charge in [-0.25, -0.2) is 8.78 Å². The fourth-order valence-corrected chi connectivity index (χ4v) is 2.61. The number of rotatable bonds is 6. The number of benzene rings is 1. The Morgan fingerprint density at radius 2 is 1.95 bits per heavy atom. The third-order valence-electron chi connectivity index (χ3n) is 3.17. The Hall–Kier alpha value is -1.33. The fourth-order valence-electron chi connectivity index (χ4n) is 2.21. The zero-order valence-corrected chi connectivity index (χ0v) is 13.3. The predicted octanol–water partition coefficient (Wildman–Crippen LogP) is 4.41. The third-order valence-corrected chi connectivity index (χ3v) is 3.63. The molecule has 0 aliphatic carbocycles. The summed E-state index contributed by atoms with van der Waals surface area (Å²) in [5, 5.41) is 3.20. The van der Waals surface area contributed by atoms with Crippen LogP contribution in [0.5, 0.6) is 0 Å². The minimum absolute atomic E-state index is 0.0669. The summed E-state index contributed by atoms with van der Waals surface area (Å²) in [6.45, 7) is 2.70. The average Bonchev–Trinajstić information content (AvgIpc) is 2.44. The summed E-state index contributed by atoms with van der Waals surface area (Å²) >= 11 is 3.10. The summed E-state index contributed by atoms with van der Waals surface area (Å²) < 4.78 is 28.7. The van der Waals surface area contributed by atoms with Crippen LogP contribution >= 0.6 is 15.9 Å². The van der Waals surface area contributed by atoms with Crippen LogP contribution in [-0.4, -0.2) is 11.5 Å². The van der Waals surface area contributed by atoms with Crippen LogP contribution in [0.25, 0.3) is 0 Å². The Morgan fingerprint density at radius 3 is 2.52 bits per heavy atom. The van der Waals surface area contributed by atoms with Crippen LogP contribution < -0.4 is 5.32 Å². The zero-order valence-electron chi connectivity index (χ0n) is 11.7. The standard InChI is InChI=1S/C16H17BrF2N2/c1-2-6-21-15(10-12-5-3-4-7-20-12)16-13(18)8-11(17)9-14(16)19/h3-5,7-9,15,21H,2,6,10H2,1H3. The van der Waals surface area contributed by atoms with Crippen molar-refractivity contribution in [3.8, 4) is 0 Å². The lowest BCUT2D eigenvalue weighted by atomic mass is 10.00. The Morgan fingerprint density at radius 1 is 1.24 bits per heavy atom. The van der Waals surface area contributed by atoms with Gasteiger partial charge < -0.3 is 5.32 Å². The van der Waals surface area contributed by atoms with Gasteiger partial charge in [-0.1, -0.05) is 28.9 Å². The first-order valence-corrected chi connectivity index (χ1v) is 7.68. The number of nitrogens with one attached hydrogen (secondary N) is 1. The molecule has 1 unspecified atom stereocenters. The molecule has 0 aliphatic rings. The van der Waals surface area contributed by atoms with E-state index in [-0.39, 0.29) is 5.56 Å². The van der Waals surface area contributed by atoms with E-state index in [2.05, 4.69) is 26.2 Å². The SMILES string of the molecule is CCCNC(Cc1ccccn1)c1c(F)cc(Br)cc1F. The monoisotopic (exact) mass is 354 g/mol. The normalized spacial score (nSPS) is 12.4. The van der Waals surface area contributed by atoms with Gasteiger partial charge in [0.05, 0.1) is 0 Å². The molecule has 1 aromatic heterocycles. The molecule has 0 fully saturated rings. The van der Waals surface area contributed by atoms with Crippen molar-refractivity contribution in [2.75, 3.05) is 6.54 Å². The maximum absolute atomic E-state index is 14.2. The second-order valence-corrected chi connectivity index (χ2v) is 5.73. The number of hydrogen-bond donors (Lipinski definition) is 1. The molecule has 0 bridgehead atoms. The lowest BCUT2D eigenvalue weighted by Crippen LogP contribution is -2.26. The highest BCUT2D eigenvalue weighted by Crippen LogP contribution is 2.27. The van der Waals surface area contributed by atoms with Gasteiger partial charge in [0, 0.05) is 34.4 Å². The molecule has 0 spiro atoms. The van der Waals surface area contributed by atoms with Crippen molar-refractivity contribution in [3.63, 3.8) is 0 Å². The largest absolute Gasteiger partial charge is 0.309 e. The smallest absolute Gasteiger partial charge is 0.132 e. The van der Waals surface area contributed by atoms with Gasteiger partial charge in [-0.2, -0.15) is 0 Å². The van der Waals surface area contributed by atoms with Crippen LogP contribution in [0.1, 0.15) is 30.6 Å². The number of aromatic nitrogens is 1. The van der Waals surface area contributed by atoms with E-state index in [1.165, 1.54) is 12.1 Å². The summed E-state index contributed by atoms with van der Waals surface area (Å²) in [6, 6.07) is 7.68. The van der Waals surface area contributed by atoms with Crippen molar-refractivity contribution in [3.05, 3.63) is 63.9 Å². The lowest BCUT2D eigenvalue weighted by molar-refractivity contribution is 0.461. The number of nitrogens with zero attached hydrogens (tertiary/aromatic N) is 1. The van der Waals surface area contributed by atoms with Gasteiger partial charge >= 0.3 is 0 Å². The minimum atomic E-state index is -0.550. The molecular weight excluding hydrogens is 338 g/mol. The first-order chi connectivity index (χ1) is 10.1. The van der Waals surface area contributed by atoms with Gasteiger partial charge in [0.25, 0.3) is 0 Å². The molecule has 0 amide bonds. The maximum atomic E-state index is 14.2. The van der Waals surface area contributed by atoms with Crippen LogP contribution in [0.15, 0.2) is 41.0 Å². The number of hydrogen-bond acceptors (Lipinski definition) is 2. The molecule has 1 atom stereocenters. The molecule has 112 valence electrons. The molecule has 0 saturated carbocycles. The van der Waals surface area contributed by atoms with Crippen molar-refractivity contribution < 1.29 is 8.78 Å². The van der Waals surface area contributed by atoms with Gasteiger partial charge in [0.15, 0.2) is 0 Å². The van der Waals surface area contributed by atoms with E-state index in [4.69, 9.17) is 0 Å². The molecule has 2 aromatic rings. The fraction of sp³-hybridized carbons (Fsp3) is 0.312. The van der Waals surface area contributed by atoms with Crippen molar-refractivity contribution >= 4 is 15.9 Å². The predicted molar refractivity (Wildman–Crippen MR) is 83.0 cm³/mol. The van der Waals surface area contributed by atoms with Gasteiger partial charge in [0.1, 0.15) is 11.6 Å². The quantitative estimate of drug-likeness (QED) is 0.831. The molecular formula is C16H17BrF2N2. The van der Waals surface area contributed by atoms with Gasteiger partial charge in [-0.15, -0.1) is 0 Å². The molecule has 0 radical (unpaired) electrons.